The summed E-state index contributed by atoms with van der Waals surface area (Å²) in [7, 11) is -1.52. The summed E-state index contributed by atoms with van der Waals surface area (Å²) < 4.78 is 24.1. The molecule has 0 atom stereocenters. The van der Waals surface area contributed by atoms with E-state index in [0.29, 0.717) is 6.54 Å². The highest BCUT2D eigenvalue weighted by atomic mass is 32.2. The number of piperidine rings is 1. The maximum absolute atomic E-state index is 11.4. The number of likely N-dealkylation sites (tertiary alicyclic amines) is 1. The number of hydrogen-bond donors (Lipinski definition) is 1. The van der Waals surface area contributed by atoms with E-state index in [0.717, 1.165) is 25.9 Å². The van der Waals surface area contributed by atoms with Crippen molar-refractivity contribution in [3.63, 3.8) is 0 Å². The van der Waals surface area contributed by atoms with Gasteiger partial charge in [-0.05, 0) is 25.9 Å². The van der Waals surface area contributed by atoms with Crippen LogP contribution in [0, 0.1) is 0 Å². The van der Waals surface area contributed by atoms with Crippen LogP contribution in [-0.2, 0) is 14.8 Å². The van der Waals surface area contributed by atoms with Gasteiger partial charge < -0.3 is 10.0 Å². The van der Waals surface area contributed by atoms with Crippen molar-refractivity contribution in [1.82, 2.24) is 9.21 Å². The first kappa shape index (κ1) is 14.4. The molecule has 1 fully saturated rings. The van der Waals surface area contributed by atoms with Crippen LogP contribution in [0.2, 0.25) is 0 Å². The highest BCUT2D eigenvalue weighted by molar-refractivity contribution is 7.88. The van der Waals surface area contributed by atoms with Crippen LogP contribution in [0.3, 0.4) is 0 Å². The molecule has 7 heteroatoms. The Kier molecular flexibility index (Phi) is 4.91. The topological polar surface area (TPSA) is 77.9 Å². The van der Waals surface area contributed by atoms with Crippen LogP contribution in [0.1, 0.15) is 19.3 Å². The molecule has 0 amide bonds. The van der Waals surface area contributed by atoms with E-state index < -0.39 is 16.0 Å². The average Bonchev–Trinajstić information content (AvgIpc) is 2.25. The summed E-state index contributed by atoms with van der Waals surface area (Å²) in [4.78, 5) is 12.5. The number of aliphatic carboxylic acids is 1. The first-order valence-electron chi connectivity index (χ1n) is 5.68. The predicted octanol–water partition coefficient (Wildman–Crippen LogP) is -0.183. The molecule has 1 rings (SSSR count). The third kappa shape index (κ3) is 4.61. The number of rotatable bonds is 5. The van der Waals surface area contributed by atoms with Gasteiger partial charge in [-0.3, -0.25) is 4.79 Å². The van der Waals surface area contributed by atoms with Crippen LogP contribution in [0.5, 0.6) is 0 Å². The zero-order chi connectivity index (χ0) is 13.1. The Labute approximate surface area is 102 Å². The molecule has 1 N–H and O–H groups in total. The second kappa shape index (κ2) is 5.79. The Hall–Kier alpha value is -0.660. The van der Waals surface area contributed by atoms with Gasteiger partial charge in [-0.25, -0.2) is 12.7 Å². The Morgan fingerprint density at radius 2 is 1.94 bits per heavy atom. The van der Waals surface area contributed by atoms with Crippen LogP contribution in [0.15, 0.2) is 0 Å². The van der Waals surface area contributed by atoms with Gasteiger partial charge in [0.05, 0.1) is 12.7 Å². The molecular formula is C10H20N2O4S. The van der Waals surface area contributed by atoms with Gasteiger partial charge >= 0.3 is 5.97 Å². The molecule has 0 bridgehead atoms. The van der Waals surface area contributed by atoms with Crippen LogP contribution in [0.4, 0.5) is 0 Å². The van der Waals surface area contributed by atoms with E-state index in [9.17, 15) is 13.2 Å². The Bertz CT molecular complexity index is 361. The fourth-order valence-corrected chi connectivity index (χ4v) is 2.78. The fraction of sp³-hybridized carbons (Fsp3) is 0.900. The number of sulfonamides is 1. The summed E-state index contributed by atoms with van der Waals surface area (Å²) in [6.45, 7) is 2.07. The number of hydrogen-bond acceptors (Lipinski definition) is 4. The number of carboxylic acid groups (broad SMARTS) is 1. The maximum Gasteiger partial charge on any atom is 0.304 e. The molecule has 100 valence electrons. The molecule has 17 heavy (non-hydrogen) atoms. The van der Waals surface area contributed by atoms with Crippen molar-refractivity contribution in [2.75, 3.05) is 32.9 Å². The molecule has 0 aliphatic carbocycles. The van der Waals surface area contributed by atoms with Crippen molar-refractivity contribution < 1.29 is 18.3 Å². The number of nitrogens with zero attached hydrogens (tertiary/aromatic N) is 2. The molecular weight excluding hydrogens is 244 g/mol. The lowest BCUT2D eigenvalue weighted by atomic mass is 10.1. The predicted molar refractivity (Wildman–Crippen MR) is 64.3 cm³/mol. The molecule has 1 heterocycles. The lowest BCUT2D eigenvalue weighted by molar-refractivity contribution is -0.137. The lowest BCUT2D eigenvalue weighted by Crippen LogP contribution is -2.45. The monoisotopic (exact) mass is 264 g/mol. The van der Waals surface area contributed by atoms with Crippen LogP contribution >= 0.6 is 0 Å². The van der Waals surface area contributed by atoms with E-state index in [1.54, 1.807) is 7.05 Å². The first-order valence-corrected chi connectivity index (χ1v) is 7.52. The van der Waals surface area contributed by atoms with Crippen molar-refractivity contribution in [3.05, 3.63) is 0 Å². The van der Waals surface area contributed by atoms with Crippen molar-refractivity contribution >= 4 is 16.0 Å². The summed E-state index contributed by atoms with van der Waals surface area (Å²) >= 11 is 0. The molecule has 0 spiro atoms. The van der Waals surface area contributed by atoms with Crippen LogP contribution in [-0.4, -0.2) is 67.7 Å². The van der Waals surface area contributed by atoms with Crippen molar-refractivity contribution in [2.24, 2.45) is 0 Å². The molecule has 1 aliphatic heterocycles. The molecule has 1 saturated heterocycles. The first-order chi connectivity index (χ1) is 7.80. The molecule has 0 aromatic carbocycles. The molecule has 0 saturated carbocycles. The minimum Gasteiger partial charge on any atom is -0.481 e. The van der Waals surface area contributed by atoms with E-state index in [1.165, 1.54) is 10.6 Å². The Morgan fingerprint density at radius 1 is 1.41 bits per heavy atom. The van der Waals surface area contributed by atoms with E-state index in [4.69, 9.17) is 5.11 Å². The van der Waals surface area contributed by atoms with E-state index >= 15 is 0 Å². The summed E-state index contributed by atoms with van der Waals surface area (Å²) in [5, 5.41) is 8.58. The third-order valence-corrected chi connectivity index (χ3v) is 4.58. The normalized spacial score (nSPS) is 19.7. The standard InChI is InChI=1S/C10H20N2O4S/c1-11(17(2,15)16)9-3-6-12(7-4-9)8-5-10(13)14/h9H,3-8H2,1-2H3,(H,13,14). The van der Waals surface area contributed by atoms with Gasteiger partial charge in [0.25, 0.3) is 0 Å². The summed E-state index contributed by atoms with van der Waals surface area (Å²) in [6, 6.07) is 0.0473. The molecule has 0 aromatic rings. The van der Waals surface area contributed by atoms with Gasteiger partial charge in [0.15, 0.2) is 0 Å². The molecule has 0 aromatic heterocycles. The SMILES string of the molecule is CN(C1CCN(CCC(=O)O)CC1)S(C)(=O)=O. The van der Waals surface area contributed by atoms with Gasteiger partial charge in [-0.2, -0.15) is 0 Å². The lowest BCUT2D eigenvalue weighted by Gasteiger charge is -2.35. The van der Waals surface area contributed by atoms with Gasteiger partial charge in [-0.1, -0.05) is 0 Å². The van der Waals surface area contributed by atoms with E-state index in [1.807, 2.05) is 0 Å². The molecule has 6 nitrogen and oxygen atoms in total. The van der Waals surface area contributed by atoms with Crippen molar-refractivity contribution in [2.45, 2.75) is 25.3 Å². The zero-order valence-corrected chi connectivity index (χ0v) is 11.1. The fourth-order valence-electron chi connectivity index (χ4n) is 2.03. The minimum atomic E-state index is -3.12. The van der Waals surface area contributed by atoms with Crippen LogP contribution < -0.4 is 0 Å². The van der Waals surface area contributed by atoms with E-state index in [2.05, 4.69) is 4.90 Å². The minimum absolute atomic E-state index is 0.0473. The maximum atomic E-state index is 11.4. The molecule has 0 radical (unpaired) electrons. The zero-order valence-electron chi connectivity index (χ0n) is 10.3. The Balaban J connectivity index is 2.38. The number of carbonyl (C=O) groups is 1. The smallest absolute Gasteiger partial charge is 0.304 e. The van der Waals surface area contributed by atoms with Crippen molar-refractivity contribution in [3.8, 4) is 0 Å². The molecule has 1 aliphatic rings. The highest BCUT2D eigenvalue weighted by Crippen LogP contribution is 2.17. The quantitative estimate of drug-likeness (QED) is 0.745. The second-order valence-electron chi connectivity index (χ2n) is 4.50. The van der Waals surface area contributed by atoms with E-state index in [-0.39, 0.29) is 12.5 Å². The summed E-state index contributed by atoms with van der Waals surface area (Å²) in [5.41, 5.74) is 0. The van der Waals surface area contributed by atoms with Gasteiger partial charge in [0.2, 0.25) is 10.0 Å². The summed E-state index contributed by atoms with van der Waals surface area (Å²) in [5.74, 6) is -0.791. The van der Waals surface area contributed by atoms with Gasteiger partial charge in [-0.15, -0.1) is 0 Å². The average molecular weight is 264 g/mol. The third-order valence-electron chi connectivity index (χ3n) is 3.24. The summed E-state index contributed by atoms with van der Waals surface area (Å²) in [6.07, 6.45) is 2.89. The Morgan fingerprint density at radius 3 is 2.35 bits per heavy atom. The largest absolute Gasteiger partial charge is 0.481 e. The van der Waals surface area contributed by atoms with Gasteiger partial charge in [0, 0.05) is 19.6 Å². The van der Waals surface area contributed by atoms with Crippen molar-refractivity contribution in [1.29, 1.82) is 0 Å². The van der Waals surface area contributed by atoms with Gasteiger partial charge in [0.1, 0.15) is 0 Å². The highest BCUT2D eigenvalue weighted by Gasteiger charge is 2.26. The van der Waals surface area contributed by atoms with Crippen LogP contribution in [0.25, 0.3) is 0 Å². The molecule has 0 unspecified atom stereocenters. The second-order valence-corrected chi connectivity index (χ2v) is 6.54. The number of carboxylic acids is 1.